The number of hydrogen-bond acceptors (Lipinski definition) is 4. The Kier molecular flexibility index (Phi) is 4.29. The molecule has 0 unspecified atom stereocenters. The first-order chi connectivity index (χ1) is 12.7. The first-order valence-electron chi connectivity index (χ1n) is 8.86. The predicted molar refractivity (Wildman–Crippen MR) is 97.5 cm³/mol. The molecule has 4 rings (SSSR count). The molecular formula is C20H19FN4O. The van der Waals surface area contributed by atoms with Gasteiger partial charge in [0.15, 0.2) is 0 Å². The summed E-state index contributed by atoms with van der Waals surface area (Å²) < 4.78 is 13.0. The Morgan fingerprint density at radius 1 is 1.23 bits per heavy atom. The van der Waals surface area contributed by atoms with Crippen molar-refractivity contribution in [1.82, 2.24) is 4.98 Å². The van der Waals surface area contributed by atoms with Crippen LogP contribution in [0.1, 0.15) is 24.8 Å². The van der Waals surface area contributed by atoms with E-state index in [1.807, 2.05) is 24.3 Å². The van der Waals surface area contributed by atoms with Crippen molar-refractivity contribution in [2.75, 3.05) is 23.3 Å². The number of benzene rings is 1. The van der Waals surface area contributed by atoms with Gasteiger partial charge in [-0.05, 0) is 54.7 Å². The van der Waals surface area contributed by atoms with Gasteiger partial charge in [0.1, 0.15) is 18.1 Å². The molecule has 0 spiro atoms. The van der Waals surface area contributed by atoms with Crippen molar-refractivity contribution in [2.45, 2.75) is 25.4 Å². The maximum Gasteiger partial charge on any atom is 0.231 e. The average Bonchev–Trinajstić information content (AvgIpc) is 3.17. The van der Waals surface area contributed by atoms with Crippen molar-refractivity contribution in [3.05, 3.63) is 42.1 Å². The topological polar surface area (TPSA) is 69.0 Å². The highest BCUT2D eigenvalue weighted by Gasteiger charge is 2.43. The average molecular weight is 350 g/mol. The Morgan fingerprint density at radius 2 is 1.96 bits per heavy atom. The third-order valence-electron chi connectivity index (χ3n) is 4.96. The number of rotatable bonds is 4. The summed E-state index contributed by atoms with van der Waals surface area (Å²) in [6.07, 6.45) is 3.16. The molecule has 1 amide bonds. The number of pyridine rings is 1. The molecule has 1 aromatic carbocycles. The molecule has 1 saturated heterocycles. The van der Waals surface area contributed by atoms with Gasteiger partial charge in [-0.25, -0.2) is 9.37 Å². The SMILES string of the molecule is N#Cc1cc(-c2ccnc(NC(=O)[C@H]3C[C@H]3F)c2)ccc1N1CCCC1. The quantitative estimate of drug-likeness (QED) is 0.916. The normalized spacial score (nSPS) is 21.3. The first-order valence-corrected chi connectivity index (χ1v) is 8.86. The van der Waals surface area contributed by atoms with Crippen LogP contribution in [0, 0.1) is 17.2 Å². The molecule has 2 fully saturated rings. The Balaban J connectivity index is 1.58. The van der Waals surface area contributed by atoms with Crippen molar-refractivity contribution in [2.24, 2.45) is 5.92 Å². The number of anilines is 2. The molecule has 1 saturated carbocycles. The minimum atomic E-state index is -1.03. The molecule has 1 N–H and O–H groups in total. The summed E-state index contributed by atoms with van der Waals surface area (Å²) in [6, 6.07) is 11.7. The lowest BCUT2D eigenvalue weighted by Crippen LogP contribution is -2.18. The van der Waals surface area contributed by atoms with Crippen molar-refractivity contribution < 1.29 is 9.18 Å². The van der Waals surface area contributed by atoms with Gasteiger partial charge in [-0.15, -0.1) is 0 Å². The summed E-state index contributed by atoms with van der Waals surface area (Å²) in [5, 5.41) is 12.2. The number of amides is 1. The standard InChI is InChI=1S/C20H19FN4O/c21-17-11-16(17)20(26)24-19-10-14(5-6-23-19)13-3-4-18(15(9-13)12-22)25-7-1-2-8-25/h3-6,9-10,16-17H,1-2,7-8,11H2,(H,23,24,26)/t16-,17+/m0/s1. The maximum absolute atomic E-state index is 13.0. The number of carbonyl (C=O) groups is 1. The van der Waals surface area contributed by atoms with Crippen molar-refractivity contribution in [3.8, 4) is 17.2 Å². The number of aromatic nitrogens is 1. The summed E-state index contributed by atoms with van der Waals surface area (Å²) >= 11 is 0. The molecule has 2 aliphatic rings. The Morgan fingerprint density at radius 3 is 2.65 bits per heavy atom. The number of halogens is 1. The van der Waals surface area contributed by atoms with Crippen LogP contribution in [0.4, 0.5) is 15.9 Å². The molecule has 5 nitrogen and oxygen atoms in total. The number of carbonyl (C=O) groups excluding carboxylic acids is 1. The predicted octanol–water partition coefficient (Wildman–Crippen LogP) is 3.52. The van der Waals surface area contributed by atoms with E-state index in [0.717, 1.165) is 42.7 Å². The van der Waals surface area contributed by atoms with Crippen LogP contribution in [0.2, 0.25) is 0 Å². The van der Waals surface area contributed by atoms with E-state index in [1.165, 1.54) is 0 Å². The highest BCUT2D eigenvalue weighted by atomic mass is 19.1. The Labute approximate surface area is 151 Å². The van der Waals surface area contributed by atoms with Gasteiger partial charge >= 0.3 is 0 Å². The van der Waals surface area contributed by atoms with E-state index in [2.05, 4.69) is 21.3 Å². The number of alkyl halides is 1. The summed E-state index contributed by atoms with van der Waals surface area (Å²) in [4.78, 5) is 18.3. The lowest BCUT2D eigenvalue weighted by Gasteiger charge is -2.19. The van der Waals surface area contributed by atoms with Crippen LogP contribution in [-0.4, -0.2) is 30.2 Å². The molecule has 0 radical (unpaired) electrons. The van der Waals surface area contributed by atoms with Crippen molar-refractivity contribution in [3.63, 3.8) is 0 Å². The van der Waals surface area contributed by atoms with Crippen LogP contribution in [0.5, 0.6) is 0 Å². The van der Waals surface area contributed by atoms with Gasteiger partial charge < -0.3 is 10.2 Å². The fourth-order valence-corrected chi connectivity index (χ4v) is 3.37. The molecule has 6 heteroatoms. The molecule has 2 aromatic rings. The van der Waals surface area contributed by atoms with E-state index in [0.29, 0.717) is 11.4 Å². The zero-order chi connectivity index (χ0) is 18.1. The lowest BCUT2D eigenvalue weighted by molar-refractivity contribution is -0.117. The monoisotopic (exact) mass is 350 g/mol. The van der Waals surface area contributed by atoms with Gasteiger partial charge in [0, 0.05) is 19.3 Å². The molecule has 2 heterocycles. The zero-order valence-corrected chi connectivity index (χ0v) is 14.3. The largest absolute Gasteiger partial charge is 0.370 e. The highest BCUT2D eigenvalue weighted by molar-refractivity contribution is 5.94. The van der Waals surface area contributed by atoms with Crippen LogP contribution in [0.15, 0.2) is 36.5 Å². The lowest BCUT2D eigenvalue weighted by atomic mass is 10.0. The fraction of sp³-hybridized carbons (Fsp3) is 0.350. The maximum atomic E-state index is 13.0. The second-order valence-electron chi connectivity index (χ2n) is 6.82. The second-order valence-corrected chi connectivity index (χ2v) is 6.82. The minimum absolute atomic E-state index is 0.287. The summed E-state index contributed by atoms with van der Waals surface area (Å²) in [5.41, 5.74) is 3.36. The summed E-state index contributed by atoms with van der Waals surface area (Å²) in [6.45, 7) is 1.96. The van der Waals surface area contributed by atoms with Crippen LogP contribution >= 0.6 is 0 Å². The van der Waals surface area contributed by atoms with E-state index < -0.39 is 12.1 Å². The third-order valence-corrected chi connectivity index (χ3v) is 4.96. The number of nitrogens with zero attached hydrogens (tertiary/aromatic N) is 3. The fourth-order valence-electron chi connectivity index (χ4n) is 3.37. The van der Waals surface area contributed by atoms with Gasteiger partial charge in [0.05, 0.1) is 17.2 Å². The Bertz CT molecular complexity index is 886. The van der Waals surface area contributed by atoms with E-state index >= 15 is 0 Å². The second kappa shape index (κ2) is 6.75. The van der Waals surface area contributed by atoms with Crippen LogP contribution < -0.4 is 10.2 Å². The zero-order valence-electron chi connectivity index (χ0n) is 14.3. The van der Waals surface area contributed by atoms with E-state index in [4.69, 9.17) is 0 Å². The molecule has 26 heavy (non-hydrogen) atoms. The van der Waals surface area contributed by atoms with Crippen molar-refractivity contribution in [1.29, 1.82) is 5.26 Å². The molecule has 1 aliphatic carbocycles. The van der Waals surface area contributed by atoms with E-state index in [1.54, 1.807) is 12.3 Å². The van der Waals surface area contributed by atoms with Crippen LogP contribution in [0.3, 0.4) is 0 Å². The summed E-state index contributed by atoms with van der Waals surface area (Å²) in [5.74, 6) is -0.483. The number of hydrogen-bond donors (Lipinski definition) is 1. The van der Waals surface area contributed by atoms with Gasteiger partial charge in [-0.2, -0.15) is 5.26 Å². The molecule has 1 aromatic heterocycles. The molecule has 2 atom stereocenters. The summed E-state index contributed by atoms with van der Waals surface area (Å²) in [7, 11) is 0. The van der Waals surface area contributed by atoms with Gasteiger partial charge in [-0.3, -0.25) is 4.79 Å². The van der Waals surface area contributed by atoms with Crippen LogP contribution in [-0.2, 0) is 4.79 Å². The molecule has 1 aliphatic heterocycles. The number of nitrogens with one attached hydrogen (secondary N) is 1. The van der Waals surface area contributed by atoms with Gasteiger partial charge in [0.25, 0.3) is 0 Å². The highest BCUT2D eigenvalue weighted by Crippen LogP contribution is 2.35. The molecule has 132 valence electrons. The van der Waals surface area contributed by atoms with E-state index in [9.17, 15) is 14.4 Å². The molecule has 0 bridgehead atoms. The third kappa shape index (κ3) is 3.25. The Hall–Kier alpha value is -2.94. The smallest absolute Gasteiger partial charge is 0.231 e. The van der Waals surface area contributed by atoms with E-state index in [-0.39, 0.29) is 12.3 Å². The number of nitriles is 1. The molecular weight excluding hydrogens is 331 g/mol. The first kappa shape index (κ1) is 16.5. The minimum Gasteiger partial charge on any atom is -0.370 e. The van der Waals surface area contributed by atoms with Crippen molar-refractivity contribution >= 4 is 17.4 Å². The van der Waals surface area contributed by atoms with Gasteiger partial charge in [0.2, 0.25) is 5.91 Å². The van der Waals surface area contributed by atoms with Crippen LogP contribution in [0.25, 0.3) is 11.1 Å². The van der Waals surface area contributed by atoms with Gasteiger partial charge in [-0.1, -0.05) is 6.07 Å².